The van der Waals surface area contributed by atoms with E-state index in [4.69, 9.17) is 4.74 Å². The fraction of sp³-hybridized carbons (Fsp3) is 0.353. The van der Waals surface area contributed by atoms with E-state index in [1.54, 1.807) is 6.20 Å². The van der Waals surface area contributed by atoms with Crippen LogP contribution in [0.1, 0.15) is 18.0 Å². The molecule has 0 spiro atoms. The highest BCUT2D eigenvalue weighted by molar-refractivity contribution is 6.04. The van der Waals surface area contributed by atoms with Crippen LogP contribution >= 0.6 is 0 Å². The Bertz CT molecular complexity index is 951. The van der Waals surface area contributed by atoms with Gasteiger partial charge in [-0.05, 0) is 37.1 Å². The number of nitrogens with zero attached hydrogens (tertiary/aromatic N) is 3. The zero-order valence-corrected chi connectivity index (χ0v) is 12.8. The summed E-state index contributed by atoms with van der Waals surface area (Å²) in [6.07, 6.45) is 3.17. The van der Waals surface area contributed by atoms with Crippen molar-refractivity contribution in [3.8, 4) is 0 Å². The topological polar surface area (TPSA) is 77.2 Å². The van der Waals surface area contributed by atoms with Crippen molar-refractivity contribution in [2.75, 3.05) is 13.2 Å². The van der Waals surface area contributed by atoms with Gasteiger partial charge >= 0.3 is 0 Å². The fourth-order valence-electron chi connectivity index (χ4n) is 3.24. The van der Waals surface area contributed by atoms with E-state index >= 15 is 0 Å². The molecule has 0 bridgehead atoms. The van der Waals surface area contributed by atoms with Crippen molar-refractivity contribution in [1.29, 1.82) is 0 Å². The number of pyridine rings is 1. The summed E-state index contributed by atoms with van der Waals surface area (Å²) in [7, 11) is 0. The van der Waals surface area contributed by atoms with Crippen molar-refractivity contribution in [2.45, 2.75) is 25.5 Å². The van der Waals surface area contributed by atoms with Crippen molar-refractivity contribution in [3.05, 3.63) is 46.6 Å². The van der Waals surface area contributed by atoms with Gasteiger partial charge < -0.3 is 9.84 Å². The van der Waals surface area contributed by atoms with Gasteiger partial charge in [0.05, 0.1) is 41.5 Å². The predicted molar refractivity (Wildman–Crippen MR) is 86.5 cm³/mol. The van der Waals surface area contributed by atoms with Crippen LogP contribution in [0.4, 0.5) is 0 Å². The number of aromatic nitrogens is 3. The maximum atomic E-state index is 12.9. The van der Waals surface area contributed by atoms with E-state index < -0.39 is 12.1 Å². The van der Waals surface area contributed by atoms with Crippen LogP contribution in [0.15, 0.2) is 35.5 Å². The lowest BCUT2D eigenvalue weighted by atomic mass is 10.0. The molecule has 2 atom stereocenters. The average molecular weight is 311 g/mol. The Kier molecular flexibility index (Phi) is 3.36. The number of rotatable bonds is 1. The van der Waals surface area contributed by atoms with Crippen LogP contribution < -0.4 is 5.56 Å². The summed E-state index contributed by atoms with van der Waals surface area (Å²) in [5.74, 6) is 0. The lowest BCUT2D eigenvalue weighted by Gasteiger charge is -2.29. The van der Waals surface area contributed by atoms with E-state index in [-0.39, 0.29) is 5.56 Å². The average Bonchev–Trinajstić information content (AvgIpc) is 2.57. The maximum Gasteiger partial charge on any atom is 0.261 e. The molecule has 6 nitrogen and oxygen atoms in total. The van der Waals surface area contributed by atoms with Gasteiger partial charge in [0.15, 0.2) is 0 Å². The van der Waals surface area contributed by atoms with Gasteiger partial charge in [-0.2, -0.15) is 0 Å². The summed E-state index contributed by atoms with van der Waals surface area (Å²) in [5, 5.41) is 11.6. The molecule has 0 aliphatic carbocycles. The zero-order valence-electron chi connectivity index (χ0n) is 12.8. The maximum absolute atomic E-state index is 12.9. The molecular formula is C17H17N3O3. The predicted octanol–water partition coefficient (Wildman–Crippen LogP) is 1.58. The van der Waals surface area contributed by atoms with Crippen LogP contribution in [-0.4, -0.2) is 39.0 Å². The van der Waals surface area contributed by atoms with Gasteiger partial charge in [-0.1, -0.05) is 0 Å². The summed E-state index contributed by atoms with van der Waals surface area (Å²) in [6, 6.07) is 5.20. The molecule has 1 aliphatic heterocycles. The Morgan fingerprint density at radius 1 is 1.30 bits per heavy atom. The fourth-order valence-corrected chi connectivity index (χ4v) is 3.24. The van der Waals surface area contributed by atoms with E-state index in [2.05, 4.69) is 9.97 Å². The molecule has 1 saturated heterocycles. The lowest BCUT2D eigenvalue weighted by Crippen LogP contribution is -2.39. The molecule has 0 unspecified atom stereocenters. The third-order valence-corrected chi connectivity index (χ3v) is 4.48. The molecule has 0 saturated carbocycles. The molecule has 23 heavy (non-hydrogen) atoms. The van der Waals surface area contributed by atoms with E-state index in [0.717, 1.165) is 16.5 Å². The van der Waals surface area contributed by atoms with E-state index in [9.17, 15) is 9.90 Å². The molecule has 1 fully saturated rings. The second-order valence-corrected chi connectivity index (χ2v) is 5.94. The van der Waals surface area contributed by atoms with Gasteiger partial charge in [0, 0.05) is 18.2 Å². The smallest absolute Gasteiger partial charge is 0.261 e. The number of benzene rings is 1. The van der Waals surface area contributed by atoms with Crippen molar-refractivity contribution in [2.24, 2.45) is 0 Å². The molecular weight excluding hydrogens is 294 g/mol. The van der Waals surface area contributed by atoms with Crippen molar-refractivity contribution in [1.82, 2.24) is 14.5 Å². The number of aryl methyl sites for hydroxylation is 1. The first kappa shape index (κ1) is 14.3. The Hall–Kier alpha value is -2.31. The number of hydrogen-bond acceptors (Lipinski definition) is 5. The summed E-state index contributed by atoms with van der Waals surface area (Å²) in [6.45, 7) is 2.77. The first-order valence-corrected chi connectivity index (χ1v) is 7.68. The molecule has 2 aromatic heterocycles. The van der Waals surface area contributed by atoms with Crippen LogP contribution in [0.2, 0.25) is 0 Å². The van der Waals surface area contributed by atoms with Crippen molar-refractivity contribution in [3.63, 3.8) is 0 Å². The van der Waals surface area contributed by atoms with Crippen LogP contribution in [0, 0.1) is 6.92 Å². The Morgan fingerprint density at radius 3 is 3.00 bits per heavy atom. The summed E-state index contributed by atoms with van der Waals surface area (Å²) < 4.78 is 6.90. The number of aliphatic hydroxyl groups excluding tert-OH is 1. The monoisotopic (exact) mass is 311 g/mol. The van der Waals surface area contributed by atoms with E-state index in [1.165, 1.54) is 10.9 Å². The highest BCUT2D eigenvalue weighted by atomic mass is 16.5. The van der Waals surface area contributed by atoms with Crippen molar-refractivity contribution >= 4 is 21.8 Å². The van der Waals surface area contributed by atoms with Gasteiger partial charge in [-0.25, -0.2) is 4.98 Å². The standard InChI is InChI=1S/C17H17N3O3/c1-10-7-12-16(11-3-2-5-18-15(10)11)19-9-20(17(12)22)13-8-23-6-4-14(13)21/h2-3,5,7,9,13-14,21H,4,6,8H2,1H3/t13-,14-/m0/s1. The van der Waals surface area contributed by atoms with Crippen LogP contribution in [-0.2, 0) is 4.74 Å². The summed E-state index contributed by atoms with van der Waals surface area (Å²) >= 11 is 0. The molecule has 1 N–H and O–H groups in total. The second kappa shape index (κ2) is 5.40. The first-order valence-electron chi connectivity index (χ1n) is 7.68. The molecule has 0 radical (unpaired) electrons. The highest BCUT2D eigenvalue weighted by Gasteiger charge is 2.27. The third kappa shape index (κ3) is 2.22. The van der Waals surface area contributed by atoms with E-state index in [0.29, 0.717) is 30.5 Å². The zero-order chi connectivity index (χ0) is 16.0. The van der Waals surface area contributed by atoms with Gasteiger partial charge in [0.25, 0.3) is 5.56 Å². The molecule has 1 aromatic carbocycles. The molecule has 118 valence electrons. The molecule has 3 heterocycles. The van der Waals surface area contributed by atoms with Crippen molar-refractivity contribution < 1.29 is 9.84 Å². The lowest BCUT2D eigenvalue weighted by molar-refractivity contribution is -0.0303. The minimum absolute atomic E-state index is 0.154. The van der Waals surface area contributed by atoms with Crippen LogP contribution in [0.5, 0.6) is 0 Å². The third-order valence-electron chi connectivity index (χ3n) is 4.48. The minimum Gasteiger partial charge on any atom is -0.391 e. The van der Waals surface area contributed by atoms with E-state index in [1.807, 2.05) is 25.1 Å². The normalized spacial score (nSPS) is 21.8. The van der Waals surface area contributed by atoms with Crippen LogP contribution in [0.3, 0.4) is 0 Å². The minimum atomic E-state index is -0.594. The Morgan fingerprint density at radius 2 is 2.17 bits per heavy atom. The number of hydrogen-bond donors (Lipinski definition) is 1. The summed E-state index contributed by atoms with van der Waals surface area (Å²) in [4.78, 5) is 21.8. The molecule has 1 aliphatic rings. The Balaban J connectivity index is 1.98. The molecule has 6 heteroatoms. The number of ether oxygens (including phenoxy) is 1. The molecule has 4 rings (SSSR count). The SMILES string of the molecule is Cc1cc2c(=O)n([C@H]3COCC[C@@H]3O)cnc2c2cccnc12. The number of fused-ring (bicyclic) bond motifs is 3. The Labute approximate surface area is 132 Å². The van der Waals surface area contributed by atoms with Crippen LogP contribution in [0.25, 0.3) is 21.8 Å². The number of aliphatic hydroxyl groups is 1. The first-order chi connectivity index (χ1) is 11.2. The second-order valence-electron chi connectivity index (χ2n) is 5.94. The molecule has 0 amide bonds. The molecule has 3 aromatic rings. The van der Waals surface area contributed by atoms with Gasteiger partial charge in [0.2, 0.25) is 0 Å². The van der Waals surface area contributed by atoms with Gasteiger partial charge in [-0.15, -0.1) is 0 Å². The van der Waals surface area contributed by atoms with Gasteiger partial charge in [0.1, 0.15) is 0 Å². The van der Waals surface area contributed by atoms with Gasteiger partial charge in [-0.3, -0.25) is 14.3 Å². The largest absolute Gasteiger partial charge is 0.391 e. The highest BCUT2D eigenvalue weighted by Crippen LogP contribution is 2.25. The summed E-state index contributed by atoms with van der Waals surface area (Å²) in [5.41, 5.74) is 2.28. The quantitative estimate of drug-likeness (QED) is 0.690.